The van der Waals surface area contributed by atoms with Gasteiger partial charge in [0.05, 0.1) is 0 Å². The Kier molecular flexibility index (Phi) is 4.96. The number of nitrogens with zero attached hydrogens (tertiary/aromatic N) is 3. The van der Waals surface area contributed by atoms with Gasteiger partial charge in [-0.2, -0.15) is 4.98 Å². The third-order valence-electron chi connectivity index (χ3n) is 3.65. The molecule has 0 aliphatic carbocycles. The zero-order valence-electron chi connectivity index (χ0n) is 11.9. The Morgan fingerprint density at radius 3 is 2.79 bits per heavy atom. The molecule has 2 heterocycles. The van der Waals surface area contributed by atoms with Crippen LogP contribution >= 0.6 is 0 Å². The normalized spacial score (nSPS) is 16.7. The number of nitrogens with one attached hydrogen (secondary N) is 1. The highest BCUT2D eigenvalue weighted by Gasteiger charge is 2.21. The van der Waals surface area contributed by atoms with E-state index in [0.717, 1.165) is 50.3 Å². The SMILES string of the molecule is CCCNc1ncc(C)c(N2CCC(CO)CC2)n1. The molecule has 0 aromatic carbocycles. The van der Waals surface area contributed by atoms with Gasteiger partial charge in [-0.15, -0.1) is 0 Å². The molecule has 0 radical (unpaired) electrons. The van der Waals surface area contributed by atoms with Gasteiger partial charge in [0.15, 0.2) is 0 Å². The molecule has 2 N–H and O–H groups in total. The Morgan fingerprint density at radius 1 is 1.42 bits per heavy atom. The highest BCUT2D eigenvalue weighted by molar-refractivity contribution is 5.49. The van der Waals surface area contributed by atoms with Crippen molar-refractivity contribution in [3.8, 4) is 0 Å². The molecule has 1 aliphatic heterocycles. The molecule has 19 heavy (non-hydrogen) atoms. The van der Waals surface area contributed by atoms with Gasteiger partial charge in [0.25, 0.3) is 0 Å². The quantitative estimate of drug-likeness (QED) is 0.849. The van der Waals surface area contributed by atoms with Crippen LogP contribution in [0.4, 0.5) is 11.8 Å². The van der Waals surface area contributed by atoms with E-state index in [-0.39, 0.29) is 0 Å². The maximum Gasteiger partial charge on any atom is 0.224 e. The van der Waals surface area contributed by atoms with E-state index in [0.29, 0.717) is 18.5 Å². The summed E-state index contributed by atoms with van der Waals surface area (Å²) >= 11 is 0. The average Bonchev–Trinajstić information content (AvgIpc) is 2.46. The van der Waals surface area contributed by atoms with Gasteiger partial charge in [0.2, 0.25) is 5.95 Å². The van der Waals surface area contributed by atoms with Gasteiger partial charge in [0, 0.05) is 38.0 Å². The Morgan fingerprint density at radius 2 is 2.16 bits per heavy atom. The summed E-state index contributed by atoms with van der Waals surface area (Å²) in [5, 5.41) is 12.4. The summed E-state index contributed by atoms with van der Waals surface area (Å²) in [4.78, 5) is 11.2. The van der Waals surface area contributed by atoms with Crippen LogP contribution in [0.25, 0.3) is 0 Å². The van der Waals surface area contributed by atoms with Crippen molar-refractivity contribution in [2.45, 2.75) is 33.1 Å². The number of hydrogen-bond donors (Lipinski definition) is 2. The van der Waals surface area contributed by atoms with Crippen molar-refractivity contribution in [2.24, 2.45) is 5.92 Å². The van der Waals surface area contributed by atoms with Crippen LogP contribution in [0.1, 0.15) is 31.7 Å². The maximum atomic E-state index is 9.19. The summed E-state index contributed by atoms with van der Waals surface area (Å²) in [6.07, 6.45) is 5.03. The van der Waals surface area contributed by atoms with Crippen LogP contribution in [0.2, 0.25) is 0 Å². The number of rotatable bonds is 5. The molecular formula is C14H24N4O. The summed E-state index contributed by atoms with van der Waals surface area (Å²) in [5.41, 5.74) is 1.12. The lowest BCUT2D eigenvalue weighted by Gasteiger charge is -2.32. The van der Waals surface area contributed by atoms with E-state index in [1.807, 2.05) is 6.20 Å². The lowest BCUT2D eigenvalue weighted by molar-refractivity contribution is 0.202. The first-order valence-corrected chi connectivity index (χ1v) is 7.18. The number of piperidine rings is 1. The second kappa shape index (κ2) is 6.70. The number of aromatic nitrogens is 2. The molecule has 106 valence electrons. The van der Waals surface area contributed by atoms with Crippen molar-refractivity contribution < 1.29 is 5.11 Å². The lowest BCUT2D eigenvalue weighted by atomic mass is 9.98. The number of hydrogen-bond acceptors (Lipinski definition) is 5. The van der Waals surface area contributed by atoms with Gasteiger partial charge in [-0.3, -0.25) is 0 Å². The summed E-state index contributed by atoms with van der Waals surface area (Å²) in [6.45, 7) is 7.32. The number of aryl methyl sites for hydroxylation is 1. The van der Waals surface area contributed by atoms with E-state index in [2.05, 4.69) is 34.0 Å². The third-order valence-corrected chi connectivity index (χ3v) is 3.65. The summed E-state index contributed by atoms with van der Waals surface area (Å²) in [5.74, 6) is 2.20. The van der Waals surface area contributed by atoms with Crippen LogP contribution < -0.4 is 10.2 Å². The van der Waals surface area contributed by atoms with Crippen LogP contribution in [0, 0.1) is 12.8 Å². The zero-order chi connectivity index (χ0) is 13.7. The molecule has 1 aromatic heterocycles. The van der Waals surface area contributed by atoms with Crippen LogP contribution in [-0.2, 0) is 0 Å². The third kappa shape index (κ3) is 3.56. The summed E-state index contributed by atoms with van der Waals surface area (Å²) < 4.78 is 0. The Balaban J connectivity index is 2.06. The maximum absolute atomic E-state index is 9.19. The van der Waals surface area contributed by atoms with Crippen molar-refractivity contribution in [1.29, 1.82) is 0 Å². The predicted molar refractivity (Wildman–Crippen MR) is 77.6 cm³/mol. The van der Waals surface area contributed by atoms with Crippen LogP contribution in [-0.4, -0.2) is 41.3 Å². The van der Waals surface area contributed by atoms with Crippen molar-refractivity contribution in [3.05, 3.63) is 11.8 Å². The first-order chi connectivity index (χ1) is 9.24. The molecule has 5 nitrogen and oxygen atoms in total. The zero-order valence-corrected chi connectivity index (χ0v) is 11.9. The van der Waals surface area contributed by atoms with Gasteiger partial charge in [0.1, 0.15) is 5.82 Å². The lowest BCUT2D eigenvalue weighted by Crippen LogP contribution is -2.35. The second-order valence-electron chi connectivity index (χ2n) is 5.24. The highest BCUT2D eigenvalue weighted by Crippen LogP contribution is 2.24. The van der Waals surface area contributed by atoms with Crippen molar-refractivity contribution in [2.75, 3.05) is 36.5 Å². The van der Waals surface area contributed by atoms with E-state index in [1.54, 1.807) is 0 Å². The smallest absolute Gasteiger partial charge is 0.224 e. The van der Waals surface area contributed by atoms with Gasteiger partial charge in [-0.25, -0.2) is 4.98 Å². The molecule has 0 amide bonds. The summed E-state index contributed by atoms with van der Waals surface area (Å²) in [6, 6.07) is 0. The van der Waals surface area contributed by atoms with Crippen LogP contribution in [0.15, 0.2) is 6.20 Å². The molecule has 0 bridgehead atoms. The molecule has 1 aromatic rings. The first kappa shape index (κ1) is 14.1. The van der Waals surface area contributed by atoms with Crippen LogP contribution in [0.3, 0.4) is 0 Å². The van der Waals surface area contributed by atoms with Crippen molar-refractivity contribution in [3.63, 3.8) is 0 Å². The van der Waals surface area contributed by atoms with Gasteiger partial charge in [-0.05, 0) is 32.1 Å². The predicted octanol–water partition coefficient (Wildman–Crippen LogP) is 1.82. The van der Waals surface area contributed by atoms with E-state index >= 15 is 0 Å². The highest BCUT2D eigenvalue weighted by atomic mass is 16.3. The number of anilines is 2. The molecule has 0 atom stereocenters. The Labute approximate surface area is 115 Å². The molecule has 1 fully saturated rings. The molecule has 2 rings (SSSR count). The molecular weight excluding hydrogens is 240 g/mol. The molecule has 0 spiro atoms. The van der Waals surface area contributed by atoms with E-state index in [9.17, 15) is 5.11 Å². The Hall–Kier alpha value is -1.36. The first-order valence-electron chi connectivity index (χ1n) is 7.18. The topological polar surface area (TPSA) is 61.3 Å². The van der Waals surface area contributed by atoms with Gasteiger partial charge in [-0.1, -0.05) is 6.92 Å². The van der Waals surface area contributed by atoms with E-state index in [4.69, 9.17) is 0 Å². The van der Waals surface area contributed by atoms with Gasteiger partial charge < -0.3 is 15.3 Å². The largest absolute Gasteiger partial charge is 0.396 e. The minimum absolute atomic E-state index is 0.305. The number of aliphatic hydroxyl groups is 1. The fourth-order valence-corrected chi connectivity index (χ4v) is 2.40. The van der Waals surface area contributed by atoms with Gasteiger partial charge >= 0.3 is 0 Å². The fourth-order valence-electron chi connectivity index (χ4n) is 2.40. The average molecular weight is 264 g/mol. The molecule has 1 saturated heterocycles. The monoisotopic (exact) mass is 264 g/mol. The number of aliphatic hydroxyl groups excluding tert-OH is 1. The summed E-state index contributed by atoms with van der Waals surface area (Å²) in [7, 11) is 0. The van der Waals surface area contributed by atoms with Crippen molar-refractivity contribution in [1.82, 2.24) is 9.97 Å². The molecule has 0 saturated carbocycles. The van der Waals surface area contributed by atoms with Crippen LogP contribution in [0.5, 0.6) is 0 Å². The molecule has 5 heteroatoms. The standard InChI is InChI=1S/C14H24N4O/c1-3-6-15-14-16-9-11(2)13(17-14)18-7-4-12(10-19)5-8-18/h9,12,19H,3-8,10H2,1-2H3,(H,15,16,17). The van der Waals surface area contributed by atoms with E-state index < -0.39 is 0 Å². The minimum atomic E-state index is 0.305. The molecule has 0 unspecified atom stereocenters. The van der Waals surface area contributed by atoms with Crippen molar-refractivity contribution >= 4 is 11.8 Å². The minimum Gasteiger partial charge on any atom is -0.396 e. The second-order valence-corrected chi connectivity index (χ2v) is 5.24. The fraction of sp³-hybridized carbons (Fsp3) is 0.714. The molecule has 1 aliphatic rings. The Bertz CT molecular complexity index is 402. The van der Waals surface area contributed by atoms with E-state index in [1.165, 1.54) is 0 Å².